The molecule has 5 atom stereocenters. The molecule has 0 N–H and O–H groups in total. The van der Waals surface area contributed by atoms with Crippen LogP contribution >= 0.6 is 0 Å². The van der Waals surface area contributed by atoms with Crippen molar-refractivity contribution in [2.75, 3.05) is 0 Å². The van der Waals surface area contributed by atoms with E-state index < -0.39 is 0 Å². The lowest BCUT2D eigenvalue weighted by atomic mass is 9.78. The zero-order chi connectivity index (χ0) is 13.4. The van der Waals surface area contributed by atoms with Crippen molar-refractivity contribution in [2.24, 2.45) is 23.7 Å². The van der Waals surface area contributed by atoms with Gasteiger partial charge in [0.05, 0.1) is 0 Å². The van der Waals surface area contributed by atoms with Gasteiger partial charge in [0.1, 0.15) is 5.78 Å². The minimum absolute atomic E-state index is 0.279. The highest BCUT2D eigenvalue weighted by atomic mass is 16.1. The van der Waals surface area contributed by atoms with Crippen molar-refractivity contribution >= 4 is 5.78 Å². The van der Waals surface area contributed by atoms with Gasteiger partial charge in [-0.05, 0) is 35.7 Å². The highest BCUT2D eigenvalue weighted by Gasteiger charge is 2.45. The summed E-state index contributed by atoms with van der Waals surface area (Å²) in [4.78, 5) is 12.6. The first-order chi connectivity index (χ1) is 9.16. The van der Waals surface area contributed by atoms with Gasteiger partial charge in [-0.15, -0.1) is 0 Å². The minimum atomic E-state index is 0.279. The second-order valence-electron chi connectivity index (χ2n) is 6.32. The van der Waals surface area contributed by atoms with Crippen LogP contribution in [0.1, 0.15) is 38.2 Å². The number of ketones is 1. The molecule has 1 aromatic rings. The van der Waals surface area contributed by atoms with E-state index in [2.05, 4.69) is 50.3 Å². The molecule has 0 unspecified atom stereocenters. The number of fused-ring (bicyclic) bond motifs is 2. The number of carbonyl (C=O) groups is 1. The summed E-state index contributed by atoms with van der Waals surface area (Å²) >= 11 is 0. The van der Waals surface area contributed by atoms with E-state index in [-0.39, 0.29) is 5.92 Å². The Hall–Kier alpha value is -1.37. The molecule has 1 nitrogen and oxygen atoms in total. The molecule has 1 fully saturated rings. The Morgan fingerprint density at radius 1 is 1.21 bits per heavy atom. The van der Waals surface area contributed by atoms with Crippen molar-refractivity contribution in [1.82, 2.24) is 0 Å². The molecule has 2 bridgehead atoms. The van der Waals surface area contributed by atoms with Crippen LogP contribution < -0.4 is 0 Å². The van der Waals surface area contributed by atoms with E-state index in [1.807, 2.05) is 6.07 Å². The van der Waals surface area contributed by atoms with E-state index >= 15 is 0 Å². The summed E-state index contributed by atoms with van der Waals surface area (Å²) in [5.41, 5.74) is 1.28. The highest BCUT2D eigenvalue weighted by molar-refractivity contribution is 5.83. The van der Waals surface area contributed by atoms with Crippen LogP contribution in [-0.2, 0) is 4.79 Å². The Morgan fingerprint density at radius 2 is 1.89 bits per heavy atom. The molecule has 0 heterocycles. The molecule has 2 aliphatic carbocycles. The van der Waals surface area contributed by atoms with E-state index in [4.69, 9.17) is 0 Å². The van der Waals surface area contributed by atoms with Crippen molar-refractivity contribution in [2.45, 2.75) is 32.6 Å². The Morgan fingerprint density at radius 3 is 2.53 bits per heavy atom. The van der Waals surface area contributed by atoms with Crippen molar-refractivity contribution in [3.8, 4) is 0 Å². The largest absolute Gasteiger partial charge is 0.299 e. The topological polar surface area (TPSA) is 17.1 Å². The molecule has 0 spiro atoms. The summed E-state index contributed by atoms with van der Waals surface area (Å²) in [6.45, 7) is 4.42. The molecule has 1 saturated carbocycles. The molecular formula is C18H22O. The first-order valence-electron chi connectivity index (χ1n) is 7.43. The predicted molar refractivity (Wildman–Crippen MR) is 77.9 cm³/mol. The van der Waals surface area contributed by atoms with E-state index in [0.29, 0.717) is 35.9 Å². The third-order valence-electron chi connectivity index (χ3n) is 5.10. The number of hydrogen-bond acceptors (Lipinski definition) is 1. The molecule has 19 heavy (non-hydrogen) atoms. The van der Waals surface area contributed by atoms with E-state index in [1.165, 1.54) is 12.0 Å². The summed E-state index contributed by atoms with van der Waals surface area (Å²) in [6, 6.07) is 10.4. The van der Waals surface area contributed by atoms with Crippen LogP contribution in [0, 0.1) is 23.7 Å². The molecule has 0 aliphatic heterocycles. The van der Waals surface area contributed by atoms with Gasteiger partial charge < -0.3 is 0 Å². The predicted octanol–water partition coefficient (Wildman–Crippen LogP) is 4.21. The second kappa shape index (κ2) is 4.96. The molecule has 0 saturated heterocycles. The van der Waals surface area contributed by atoms with E-state index in [0.717, 1.165) is 0 Å². The molecule has 3 rings (SSSR count). The van der Waals surface area contributed by atoms with Crippen LogP contribution in [0.3, 0.4) is 0 Å². The van der Waals surface area contributed by atoms with Gasteiger partial charge in [-0.1, -0.05) is 56.3 Å². The Bertz CT molecular complexity index is 488. The summed E-state index contributed by atoms with van der Waals surface area (Å²) in [6.07, 6.45) is 6.49. The van der Waals surface area contributed by atoms with Gasteiger partial charge in [0.2, 0.25) is 0 Å². The summed E-state index contributed by atoms with van der Waals surface area (Å²) in [7, 11) is 0. The lowest BCUT2D eigenvalue weighted by Gasteiger charge is -2.25. The fourth-order valence-electron chi connectivity index (χ4n) is 3.94. The van der Waals surface area contributed by atoms with Gasteiger partial charge in [-0.3, -0.25) is 4.79 Å². The van der Waals surface area contributed by atoms with Gasteiger partial charge in [0.15, 0.2) is 0 Å². The number of carbonyl (C=O) groups excluding carboxylic acids is 1. The molecule has 2 aliphatic rings. The smallest absolute Gasteiger partial charge is 0.137 e. The SMILES string of the molecule is C[C@H]1[C@H](C(=O)C[C@H](C)c2ccccc2)[C@@H]2C=C[C@H]1C2. The molecule has 0 aromatic heterocycles. The van der Waals surface area contributed by atoms with Crippen LogP contribution in [-0.4, -0.2) is 5.78 Å². The molecule has 1 heteroatoms. The van der Waals surface area contributed by atoms with Crippen LogP contribution in [0.25, 0.3) is 0 Å². The third kappa shape index (κ3) is 2.27. The summed E-state index contributed by atoms with van der Waals surface area (Å²) in [5.74, 6) is 2.82. The number of benzene rings is 1. The Kier molecular flexibility index (Phi) is 3.30. The normalized spacial score (nSPS) is 33.6. The van der Waals surface area contributed by atoms with Gasteiger partial charge in [-0.25, -0.2) is 0 Å². The van der Waals surface area contributed by atoms with E-state index in [9.17, 15) is 4.79 Å². The first-order valence-corrected chi connectivity index (χ1v) is 7.43. The molecular weight excluding hydrogens is 232 g/mol. The second-order valence-corrected chi connectivity index (χ2v) is 6.32. The van der Waals surface area contributed by atoms with Gasteiger partial charge >= 0.3 is 0 Å². The molecule has 0 amide bonds. The fraction of sp³-hybridized carbons (Fsp3) is 0.500. The number of hydrogen-bond donors (Lipinski definition) is 0. The number of Topliss-reactive ketones (excluding diaryl/α,β-unsaturated/α-hetero) is 1. The van der Waals surface area contributed by atoms with Crippen molar-refractivity contribution in [3.63, 3.8) is 0 Å². The maximum Gasteiger partial charge on any atom is 0.137 e. The Labute approximate surface area is 115 Å². The molecule has 100 valence electrons. The first kappa shape index (κ1) is 12.7. The summed E-state index contributed by atoms with van der Waals surface area (Å²) in [5, 5.41) is 0. The van der Waals surface area contributed by atoms with Crippen LogP contribution in [0.4, 0.5) is 0 Å². The van der Waals surface area contributed by atoms with Crippen molar-refractivity contribution < 1.29 is 4.79 Å². The monoisotopic (exact) mass is 254 g/mol. The van der Waals surface area contributed by atoms with Crippen LogP contribution in [0.5, 0.6) is 0 Å². The van der Waals surface area contributed by atoms with Gasteiger partial charge in [0.25, 0.3) is 0 Å². The van der Waals surface area contributed by atoms with Crippen molar-refractivity contribution in [3.05, 3.63) is 48.0 Å². The van der Waals surface area contributed by atoms with Gasteiger partial charge in [-0.2, -0.15) is 0 Å². The van der Waals surface area contributed by atoms with E-state index in [1.54, 1.807) is 0 Å². The number of rotatable bonds is 4. The maximum absolute atomic E-state index is 12.6. The highest BCUT2D eigenvalue weighted by Crippen LogP contribution is 2.48. The van der Waals surface area contributed by atoms with Crippen LogP contribution in [0.2, 0.25) is 0 Å². The number of allylic oxidation sites excluding steroid dienone is 2. The third-order valence-corrected chi connectivity index (χ3v) is 5.10. The lowest BCUT2D eigenvalue weighted by molar-refractivity contribution is -0.125. The van der Waals surface area contributed by atoms with Crippen molar-refractivity contribution in [1.29, 1.82) is 0 Å². The average molecular weight is 254 g/mol. The molecule has 1 aromatic carbocycles. The zero-order valence-electron chi connectivity index (χ0n) is 11.8. The van der Waals surface area contributed by atoms with Gasteiger partial charge in [0, 0.05) is 12.3 Å². The summed E-state index contributed by atoms with van der Waals surface area (Å²) < 4.78 is 0. The fourth-order valence-corrected chi connectivity index (χ4v) is 3.94. The zero-order valence-corrected chi connectivity index (χ0v) is 11.8. The van der Waals surface area contributed by atoms with Crippen LogP contribution in [0.15, 0.2) is 42.5 Å². The maximum atomic E-state index is 12.6. The lowest BCUT2D eigenvalue weighted by Crippen LogP contribution is -2.26. The molecule has 0 radical (unpaired) electrons. The quantitative estimate of drug-likeness (QED) is 0.736. The average Bonchev–Trinajstić information content (AvgIpc) is 3.00. The standard InChI is InChI=1S/C18H22O/c1-12(14-6-4-3-5-7-14)10-17(19)18-13(2)15-8-9-16(18)11-15/h3-9,12-13,15-16,18H,10-11H2,1-2H3/t12-,13+,15-,16+,18-/m0/s1. The minimum Gasteiger partial charge on any atom is -0.299 e. The Balaban J connectivity index is 1.68.